The highest BCUT2D eigenvalue weighted by molar-refractivity contribution is 9.10. The first kappa shape index (κ1) is 28.7. The van der Waals surface area contributed by atoms with Gasteiger partial charge in [-0.2, -0.15) is 0 Å². The van der Waals surface area contributed by atoms with Gasteiger partial charge in [-0.05, 0) is 69.2 Å². The molecular formula is C30H34BrClN2O3. The molecule has 1 N–H and O–H groups in total. The molecule has 0 saturated heterocycles. The van der Waals surface area contributed by atoms with Crippen molar-refractivity contribution in [3.05, 3.63) is 99.0 Å². The molecule has 2 amide bonds. The number of hydrogen-bond acceptors (Lipinski definition) is 3. The first-order chi connectivity index (χ1) is 17.8. The third-order valence-electron chi connectivity index (χ3n) is 5.98. The summed E-state index contributed by atoms with van der Waals surface area (Å²) in [6, 6.07) is 22.2. The van der Waals surface area contributed by atoms with E-state index in [-0.39, 0.29) is 30.9 Å². The number of nitrogens with one attached hydrogen (secondary N) is 1. The van der Waals surface area contributed by atoms with Crippen LogP contribution in [-0.2, 0) is 29.0 Å². The summed E-state index contributed by atoms with van der Waals surface area (Å²) in [4.78, 5) is 28.8. The summed E-state index contributed by atoms with van der Waals surface area (Å²) in [6.45, 7) is 6.75. The lowest BCUT2D eigenvalue weighted by molar-refractivity contribution is -0.142. The van der Waals surface area contributed by atoms with Crippen LogP contribution in [0.2, 0.25) is 5.02 Å². The Morgan fingerprint density at radius 2 is 1.65 bits per heavy atom. The maximum atomic E-state index is 13.7. The number of rotatable bonds is 12. The maximum absolute atomic E-state index is 13.7. The second-order valence-electron chi connectivity index (χ2n) is 9.40. The highest BCUT2D eigenvalue weighted by Gasteiger charge is 2.30. The molecule has 0 aliphatic carbocycles. The van der Waals surface area contributed by atoms with Gasteiger partial charge in [-0.25, -0.2) is 0 Å². The Hall–Kier alpha value is -2.83. The Kier molecular flexibility index (Phi) is 11.0. The molecule has 0 saturated carbocycles. The number of aryl methyl sites for hydroxylation is 1. The average Bonchev–Trinajstić information content (AvgIpc) is 2.90. The Labute approximate surface area is 233 Å². The molecule has 7 heteroatoms. The topological polar surface area (TPSA) is 58.6 Å². The van der Waals surface area contributed by atoms with Gasteiger partial charge in [-0.1, -0.05) is 80.9 Å². The fourth-order valence-electron chi connectivity index (χ4n) is 3.87. The molecule has 0 bridgehead atoms. The second kappa shape index (κ2) is 14.2. The van der Waals surface area contributed by atoms with E-state index < -0.39 is 6.04 Å². The normalized spacial score (nSPS) is 11.7. The van der Waals surface area contributed by atoms with Gasteiger partial charge in [-0.3, -0.25) is 9.59 Å². The minimum Gasteiger partial charge on any atom is -0.483 e. The van der Waals surface area contributed by atoms with Gasteiger partial charge >= 0.3 is 0 Å². The number of nitrogens with zero attached hydrogens (tertiary/aromatic N) is 1. The first-order valence-corrected chi connectivity index (χ1v) is 13.7. The molecule has 3 aromatic rings. The third-order valence-corrected chi connectivity index (χ3v) is 6.85. The van der Waals surface area contributed by atoms with Crippen LogP contribution in [0.25, 0.3) is 0 Å². The fraction of sp³-hybridized carbons (Fsp3) is 0.333. The van der Waals surface area contributed by atoms with Crippen LogP contribution in [0.5, 0.6) is 5.75 Å². The number of halogens is 2. The molecule has 0 spiro atoms. The summed E-state index contributed by atoms with van der Waals surface area (Å²) >= 11 is 9.63. The Balaban J connectivity index is 1.89. The average molecular weight is 586 g/mol. The van der Waals surface area contributed by atoms with E-state index >= 15 is 0 Å². The second-order valence-corrected chi connectivity index (χ2v) is 10.7. The van der Waals surface area contributed by atoms with Gasteiger partial charge < -0.3 is 15.0 Å². The zero-order valence-electron chi connectivity index (χ0n) is 21.5. The zero-order chi connectivity index (χ0) is 26.8. The van der Waals surface area contributed by atoms with E-state index in [1.54, 1.807) is 17.0 Å². The van der Waals surface area contributed by atoms with Crippen molar-refractivity contribution in [1.82, 2.24) is 10.2 Å². The van der Waals surface area contributed by atoms with Crippen molar-refractivity contribution in [1.29, 1.82) is 0 Å². The quantitative estimate of drug-likeness (QED) is 0.266. The van der Waals surface area contributed by atoms with Crippen LogP contribution >= 0.6 is 27.5 Å². The minimum atomic E-state index is -0.709. The Bertz CT molecular complexity index is 1170. The Morgan fingerprint density at radius 3 is 2.27 bits per heavy atom. The highest BCUT2D eigenvalue weighted by Crippen LogP contribution is 2.26. The summed E-state index contributed by atoms with van der Waals surface area (Å²) in [7, 11) is 0. The summed E-state index contributed by atoms with van der Waals surface area (Å²) in [6.07, 6.45) is 1.29. The molecule has 0 radical (unpaired) electrons. The standard InChI is InChI=1S/C30H34BrClN2O3/c1-4-22-12-15-28(26(31)16-22)37-20-29(35)34(19-24-10-13-25(32)14-11-24)27(30(36)33-18-21(2)3)17-23-8-6-5-7-9-23/h5-16,21,27H,4,17-20H2,1-3H3,(H,33,36)/t27-/m0/s1. The summed E-state index contributed by atoms with van der Waals surface area (Å²) < 4.78 is 6.71. The van der Waals surface area contributed by atoms with E-state index in [0.717, 1.165) is 22.0 Å². The molecule has 0 heterocycles. The number of amides is 2. The van der Waals surface area contributed by atoms with E-state index in [9.17, 15) is 9.59 Å². The lowest BCUT2D eigenvalue weighted by Crippen LogP contribution is -2.52. The van der Waals surface area contributed by atoms with Crippen LogP contribution in [0.3, 0.4) is 0 Å². The van der Waals surface area contributed by atoms with E-state index in [2.05, 4.69) is 28.2 Å². The lowest BCUT2D eigenvalue weighted by atomic mass is 10.0. The number of carbonyl (C=O) groups excluding carboxylic acids is 2. The zero-order valence-corrected chi connectivity index (χ0v) is 23.9. The highest BCUT2D eigenvalue weighted by atomic mass is 79.9. The number of hydrogen-bond donors (Lipinski definition) is 1. The van der Waals surface area contributed by atoms with Crippen molar-refractivity contribution in [2.45, 2.75) is 46.2 Å². The predicted octanol–water partition coefficient (Wildman–Crippen LogP) is 6.46. The molecule has 0 aromatic heterocycles. The van der Waals surface area contributed by atoms with E-state index in [1.165, 1.54) is 5.56 Å². The van der Waals surface area contributed by atoms with Gasteiger partial charge in [0.05, 0.1) is 4.47 Å². The number of benzene rings is 3. The molecule has 0 aliphatic heterocycles. The third kappa shape index (κ3) is 8.90. The Morgan fingerprint density at radius 1 is 0.973 bits per heavy atom. The minimum absolute atomic E-state index is 0.187. The van der Waals surface area contributed by atoms with Crippen molar-refractivity contribution in [3.8, 4) is 5.75 Å². The van der Waals surface area contributed by atoms with Crippen molar-refractivity contribution >= 4 is 39.3 Å². The molecule has 0 unspecified atom stereocenters. The molecule has 0 fully saturated rings. The van der Waals surface area contributed by atoms with Crippen LogP contribution in [0.4, 0.5) is 0 Å². The smallest absolute Gasteiger partial charge is 0.261 e. The maximum Gasteiger partial charge on any atom is 0.261 e. The summed E-state index contributed by atoms with van der Waals surface area (Å²) in [5.41, 5.74) is 3.01. The molecule has 3 aromatic carbocycles. The van der Waals surface area contributed by atoms with Crippen molar-refractivity contribution < 1.29 is 14.3 Å². The van der Waals surface area contributed by atoms with Gasteiger partial charge in [0.2, 0.25) is 5.91 Å². The molecule has 37 heavy (non-hydrogen) atoms. The van der Waals surface area contributed by atoms with Gasteiger partial charge in [-0.15, -0.1) is 0 Å². The van der Waals surface area contributed by atoms with Crippen LogP contribution in [0.1, 0.15) is 37.5 Å². The van der Waals surface area contributed by atoms with Gasteiger partial charge in [0, 0.05) is 24.5 Å². The predicted molar refractivity (Wildman–Crippen MR) is 153 cm³/mol. The van der Waals surface area contributed by atoms with Crippen molar-refractivity contribution in [2.75, 3.05) is 13.2 Å². The fourth-order valence-corrected chi connectivity index (χ4v) is 4.53. The molecule has 3 rings (SSSR count). The first-order valence-electron chi connectivity index (χ1n) is 12.5. The molecule has 0 aliphatic rings. The summed E-state index contributed by atoms with van der Waals surface area (Å²) in [5.74, 6) is 0.407. The van der Waals surface area contributed by atoms with Crippen LogP contribution in [-0.4, -0.2) is 35.9 Å². The molecule has 5 nitrogen and oxygen atoms in total. The van der Waals surface area contributed by atoms with E-state index in [1.807, 2.05) is 74.5 Å². The molecule has 196 valence electrons. The van der Waals surface area contributed by atoms with Crippen molar-refractivity contribution in [3.63, 3.8) is 0 Å². The SMILES string of the molecule is CCc1ccc(OCC(=O)N(Cc2ccc(Cl)cc2)[C@@H](Cc2ccccc2)C(=O)NCC(C)C)c(Br)c1. The van der Waals surface area contributed by atoms with Crippen LogP contribution in [0.15, 0.2) is 77.3 Å². The van der Waals surface area contributed by atoms with Gasteiger partial charge in [0.25, 0.3) is 5.91 Å². The molecular weight excluding hydrogens is 552 g/mol. The van der Waals surface area contributed by atoms with E-state index in [4.69, 9.17) is 16.3 Å². The number of ether oxygens (including phenoxy) is 1. The van der Waals surface area contributed by atoms with E-state index in [0.29, 0.717) is 23.7 Å². The lowest BCUT2D eigenvalue weighted by Gasteiger charge is -2.31. The number of carbonyl (C=O) groups is 2. The summed E-state index contributed by atoms with van der Waals surface area (Å²) in [5, 5.41) is 3.64. The monoisotopic (exact) mass is 584 g/mol. The van der Waals surface area contributed by atoms with Crippen LogP contribution in [0, 0.1) is 5.92 Å². The largest absolute Gasteiger partial charge is 0.483 e. The van der Waals surface area contributed by atoms with Gasteiger partial charge in [0.15, 0.2) is 6.61 Å². The van der Waals surface area contributed by atoms with Crippen molar-refractivity contribution in [2.24, 2.45) is 5.92 Å². The van der Waals surface area contributed by atoms with Gasteiger partial charge in [0.1, 0.15) is 11.8 Å². The molecule has 1 atom stereocenters. The van der Waals surface area contributed by atoms with Crippen LogP contribution < -0.4 is 10.1 Å².